The van der Waals surface area contributed by atoms with Crippen LogP contribution in [-0.4, -0.2) is 23.1 Å². The van der Waals surface area contributed by atoms with E-state index >= 15 is 0 Å². The molecule has 34 heavy (non-hydrogen) atoms. The summed E-state index contributed by atoms with van der Waals surface area (Å²) < 4.78 is 0. The van der Waals surface area contributed by atoms with Crippen LogP contribution < -0.4 is 0 Å². The van der Waals surface area contributed by atoms with Crippen molar-refractivity contribution >= 4 is 18.0 Å². The minimum Gasteiger partial charge on any atom is -0.481 e. The molecule has 4 fully saturated rings. The van der Waals surface area contributed by atoms with E-state index in [9.17, 15) is 19.5 Å². The minimum absolute atomic E-state index is 0.0169. The number of Topliss-reactive ketones (excluding diaryl/α,β-unsaturated/α-hetero) is 1. The van der Waals surface area contributed by atoms with Gasteiger partial charge in [-0.1, -0.05) is 46.3 Å². The Kier molecular flexibility index (Phi) is 5.04. The van der Waals surface area contributed by atoms with Crippen LogP contribution in [0.3, 0.4) is 0 Å². The molecule has 0 aliphatic heterocycles. The highest BCUT2D eigenvalue weighted by atomic mass is 16.4. The number of hydrogen-bond acceptors (Lipinski definition) is 3. The number of aldehydes is 1. The maximum Gasteiger partial charge on any atom is 0.313 e. The van der Waals surface area contributed by atoms with Crippen LogP contribution in [0.25, 0.3) is 0 Å². The maximum absolute atomic E-state index is 13.0. The molecule has 0 saturated heterocycles. The number of hydrogen-bond donors (Lipinski definition) is 1. The van der Waals surface area contributed by atoms with E-state index < -0.39 is 22.2 Å². The maximum atomic E-state index is 13.0. The van der Waals surface area contributed by atoms with E-state index in [-0.39, 0.29) is 22.2 Å². The van der Waals surface area contributed by atoms with Gasteiger partial charge in [0.15, 0.2) is 0 Å². The molecule has 4 nitrogen and oxygen atoms in total. The molecule has 1 N–H and O–H groups in total. The van der Waals surface area contributed by atoms with Crippen molar-refractivity contribution in [1.82, 2.24) is 0 Å². The van der Waals surface area contributed by atoms with Gasteiger partial charge in [0.2, 0.25) is 0 Å². The van der Waals surface area contributed by atoms with Gasteiger partial charge in [0, 0.05) is 17.3 Å². The van der Waals surface area contributed by atoms with Crippen molar-refractivity contribution in [3.63, 3.8) is 0 Å². The summed E-state index contributed by atoms with van der Waals surface area (Å²) in [7, 11) is 0. The van der Waals surface area contributed by atoms with Gasteiger partial charge >= 0.3 is 5.97 Å². The molecule has 0 unspecified atom stereocenters. The quantitative estimate of drug-likeness (QED) is 0.365. The first-order valence-corrected chi connectivity index (χ1v) is 13.7. The van der Waals surface area contributed by atoms with Gasteiger partial charge in [-0.15, -0.1) is 0 Å². The summed E-state index contributed by atoms with van der Waals surface area (Å²) >= 11 is 0. The van der Waals surface area contributed by atoms with Crippen molar-refractivity contribution in [2.75, 3.05) is 0 Å². The van der Waals surface area contributed by atoms with Crippen molar-refractivity contribution < 1.29 is 19.5 Å². The highest BCUT2D eigenvalue weighted by Gasteiger charge is 2.70. The minimum atomic E-state index is -0.777. The molecule has 8 atom stereocenters. The smallest absolute Gasteiger partial charge is 0.313 e. The molecule has 4 saturated carbocycles. The third kappa shape index (κ3) is 2.75. The number of rotatable bonds is 2. The molecule has 0 heterocycles. The second-order valence-corrected chi connectivity index (χ2v) is 14.4. The molecule has 0 spiro atoms. The number of fused-ring (bicyclic) bond motifs is 7. The summed E-state index contributed by atoms with van der Waals surface area (Å²) in [5, 5.41) is 10.0. The predicted octanol–water partition coefficient (Wildman–Crippen LogP) is 6.62. The molecule has 0 aromatic heterocycles. The van der Waals surface area contributed by atoms with Crippen LogP contribution in [0.4, 0.5) is 0 Å². The summed E-state index contributed by atoms with van der Waals surface area (Å²) in [4.78, 5) is 38.1. The topological polar surface area (TPSA) is 71.4 Å². The lowest BCUT2D eigenvalue weighted by Crippen LogP contribution is -2.66. The fraction of sp³-hybridized carbons (Fsp3) is 0.833. The van der Waals surface area contributed by atoms with E-state index in [1.165, 1.54) is 11.9 Å². The summed E-state index contributed by atoms with van der Waals surface area (Å²) in [6, 6.07) is 0. The van der Waals surface area contributed by atoms with Crippen LogP contribution in [-0.2, 0) is 14.4 Å². The van der Waals surface area contributed by atoms with Gasteiger partial charge in [-0.3, -0.25) is 9.59 Å². The van der Waals surface area contributed by atoms with Gasteiger partial charge in [0.1, 0.15) is 12.1 Å². The van der Waals surface area contributed by atoms with Gasteiger partial charge in [0.25, 0.3) is 0 Å². The number of carboxylic acid groups (broad SMARTS) is 1. The lowest BCUT2D eigenvalue weighted by atomic mass is 9.32. The second-order valence-electron chi connectivity index (χ2n) is 14.4. The molecule has 0 aromatic rings. The summed E-state index contributed by atoms with van der Waals surface area (Å²) in [5.74, 6) is 0.431. The molecule has 0 amide bonds. The van der Waals surface area contributed by atoms with Gasteiger partial charge in [0.05, 0.1) is 5.41 Å². The Bertz CT molecular complexity index is 978. The van der Waals surface area contributed by atoms with Gasteiger partial charge in [-0.05, 0) is 98.7 Å². The molecule has 0 bridgehead atoms. The molecule has 0 radical (unpaired) electrons. The average molecular weight is 469 g/mol. The van der Waals surface area contributed by atoms with Crippen LogP contribution in [0.15, 0.2) is 11.6 Å². The highest BCUT2D eigenvalue weighted by Crippen LogP contribution is 2.75. The van der Waals surface area contributed by atoms with E-state index in [4.69, 9.17) is 0 Å². The van der Waals surface area contributed by atoms with Crippen LogP contribution in [0.2, 0.25) is 0 Å². The Hall–Kier alpha value is -1.45. The van der Waals surface area contributed by atoms with Crippen molar-refractivity contribution in [1.29, 1.82) is 0 Å². The first-order valence-electron chi connectivity index (χ1n) is 13.7. The molecule has 0 aromatic carbocycles. The summed E-state index contributed by atoms with van der Waals surface area (Å²) in [6.07, 6.45) is 12.6. The van der Waals surface area contributed by atoms with E-state index in [1.54, 1.807) is 0 Å². The van der Waals surface area contributed by atoms with Gasteiger partial charge in [-0.2, -0.15) is 0 Å². The second kappa shape index (κ2) is 7.07. The number of ketones is 1. The van der Waals surface area contributed by atoms with Crippen LogP contribution in [0.1, 0.15) is 106 Å². The predicted molar refractivity (Wildman–Crippen MR) is 132 cm³/mol. The Morgan fingerprint density at radius 2 is 1.56 bits per heavy atom. The molecule has 188 valence electrons. The van der Waals surface area contributed by atoms with Crippen molar-refractivity contribution in [3.8, 4) is 0 Å². The van der Waals surface area contributed by atoms with Gasteiger partial charge in [-0.25, -0.2) is 0 Å². The Labute approximate surface area is 205 Å². The molecule has 5 aliphatic rings. The number of carboxylic acids is 1. The summed E-state index contributed by atoms with van der Waals surface area (Å²) in [5.41, 5.74) is -0.0537. The Morgan fingerprint density at radius 3 is 2.21 bits per heavy atom. The normalized spacial score (nSPS) is 51.8. The van der Waals surface area contributed by atoms with E-state index in [2.05, 4.69) is 40.7 Å². The molecule has 5 rings (SSSR count). The van der Waals surface area contributed by atoms with Crippen molar-refractivity contribution in [2.45, 2.75) is 106 Å². The SMILES string of the molecule is CC1(C)C(=O)CC[C@@]2(C=O)[C@@H]1CC[C@]1(C)[C@@H]2CC[C@@H]2C3=C[C@@](C)(C(=O)O)CC[C@]3(C)CC[C@]21C. The zero-order chi connectivity index (χ0) is 24.9. The number of carbonyl (C=O) groups excluding carboxylic acids is 2. The Morgan fingerprint density at radius 1 is 0.882 bits per heavy atom. The third-order valence-corrected chi connectivity index (χ3v) is 12.9. The average Bonchev–Trinajstić information content (AvgIpc) is 2.77. The highest BCUT2D eigenvalue weighted by molar-refractivity contribution is 5.87. The molecular formula is C30H44O4. The van der Waals surface area contributed by atoms with E-state index in [0.717, 1.165) is 44.9 Å². The van der Waals surface area contributed by atoms with Crippen LogP contribution in [0, 0.1) is 50.2 Å². The number of allylic oxidation sites excluding steroid dienone is 1. The van der Waals surface area contributed by atoms with Crippen LogP contribution in [0.5, 0.6) is 0 Å². The van der Waals surface area contributed by atoms with Crippen molar-refractivity contribution in [3.05, 3.63) is 11.6 Å². The lowest BCUT2D eigenvalue weighted by molar-refractivity contribution is -0.209. The fourth-order valence-corrected chi connectivity index (χ4v) is 10.2. The van der Waals surface area contributed by atoms with E-state index in [0.29, 0.717) is 36.9 Å². The number of carbonyl (C=O) groups is 3. The molecule has 5 aliphatic carbocycles. The monoisotopic (exact) mass is 468 g/mol. The lowest BCUT2D eigenvalue weighted by Gasteiger charge is -2.71. The zero-order valence-corrected chi connectivity index (χ0v) is 22.1. The summed E-state index contributed by atoms with van der Waals surface area (Å²) in [6.45, 7) is 13.4. The first-order chi connectivity index (χ1) is 15.7. The van der Waals surface area contributed by atoms with E-state index in [1.807, 2.05) is 6.92 Å². The molecule has 4 heteroatoms. The zero-order valence-electron chi connectivity index (χ0n) is 22.1. The Balaban J connectivity index is 1.60. The van der Waals surface area contributed by atoms with Crippen molar-refractivity contribution in [2.24, 2.45) is 50.2 Å². The standard InChI is InChI=1S/C30H44O4/c1-25(2)21-9-11-29(6)22(30(21,18-31)12-10-23(25)32)8-7-19-20-17-27(4,24(33)34)14-13-26(20,3)15-16-28(19,29)5/h17-19,21-22H,7-16H2,1-6H3,(H,33,34)/t19-,21-,22+,26-,27+,28-,29-,30-/m1/s1. The molecular weight excluding hydrogens is 424 g/mol. The van der Waals surface area contributed by atoms with Crippen LogP contribution >= 0.6 is 0 Å². The fourth-order valence-electron chi connectivity index (χ4n) is 10.2. The first kappa shape index (κ1) is 24.3. The number of aliphatic carboxylic acids is 1. The third-order valence-electron chi connectivity index (χ3n) is 12.9. The largest absolute Gasteiger partial charge is 0.481 e. The van der Waals surface area contributed by atoms with Gasteiger partial charge < -0.3 is 9.90 Å².